The smallest absolute Gasteiger partial charge is 0.123 e. The molecule has 1 aromatic carbocycles. The molecule has 106 valence electrons. The third-order valence-corrected chi connectivity index (χ3v) is 3.97. The van der Waals surface area contributed by atoms with Crippen LogP contribution in [-0.4, -0.2) is 10.7 Å². The quantitative estimate of drug-likeness (QED) is 0.432. The van der Waals surface area contributed by atoms with Crippen LogP contribution in [0, 0.1) is 0 Å². The zero-order valence-electron chi connectivity index (χ0n) is 11.5. The van der Waals surface area contributed by atoms with Crippen molar-refractivity contribution in [2.45, 2.75) is 24.3 Å². The number of aromatic nitrogens is 1. The summed E-state index contributed by atoms with van der Waals surface area (Å²) in [5, 5.41) is 0. The van der Waals surface area contributed by atoms with Crippen molar-refractivity contribution in [2.75, 3.05) is 11.5 Å². The minimum Gasteiger partial charge on any atom is -0.384 e. The van der Waals surface area contributed by atoms with Crippen LogP contribution in [0.25, 0.3) is 0 Å². The Morgan fingerprint density at radius 2 is 2.00 bits per heavy atom. The molecule has 1 heterocycles. The Morgan fingerprint density at radius 1 is 1.25 bits per heavy atom. The molecule has 0 aliphatic heterocycles. The summed E-state index contributed by atoms with van der Waals surface area (Å²) in [4.78, 5) is 5.28. The van der Waals surface area contributed by atoms with Crippen molar-refractivity contribution >= 4 is 17.6 Å². The summed E-state index contributed by atoms with van der Waals surface area (Å²) >= 11 is 1.83. The zero-order valence-corrected chi connectivity index (χ0v) is 12.4. The van der Waals surface area contributed by atoms with Gasteiger partial charge in [-0.2, -0.15) is 0 Å². The minimum absolute atomic E-state index is 0.0671. The number of nitrogen functional groups attached to an aromatic ring is 1. The van der Waals surface area contributed by atoms with E-state index in [0.717, 1.165) is 17.7 Å². The van der Waals surface area contributed by atoms with Gasteiger partial charge in [-0.15, -0.1) is 11.8 Å². The molecule has 0 bridgehead atoms. The molecular formula is C15H20N4S. The second-order valence-electron chi connectivity index (χ2n) is 4.51. The molecule has 2 aromatic rings. The summed E-state index contributed by atoms with van der Waals surface area (Å²) in [6.07, 6.45) is 2.50. The third-order valence-electron chi connectivity index (χ3n) is 3.08. The number of nitrogens with one attached hydrogen (secondary N) is 1. The van der Waals surface area contributed by atoms with Gasteiger partial charge >= 0.3 is 0 Å². The topological polar surface area (TPSA) is 77.0 Å². The fraction of sp³-hybridized carbons (Fsp3) is 0.267. The lowest BCUT2D eigenvalue weighted by Crippen LogP contribution is -2.29. The lowest BCUT2D eigenvalue weighted by atomic mass is 10.00. The minimum atomic E-state index is 0.0671. The number of pyridine rings is 1. The Hall–Kier alpha value is -1.56. The average molecular weight is 288 g/mol. The summed E-state index contributed by atoms with van der Waals surface area (Å²) in [6, 6.07) is 12.4. The Balaban J connectivity index is 2.11. The van der Waals surface area contributed by atoms with Gasteiger partial charge in [0, 0.05) is 17.1 Å². The molecule has 0 aliphatic carbocycles. The van der Waals surface area contributed by atoms with Crippen LogP contribution in [0.2, 0.25) is 0 Å². The Morgan fingerprint density at radius 3 is 2.60 bits per heavy atom. The van der Waals surface area contributed by atoms with Gasteiger partial charge in [-0.05, 0) is 47.6 Å². The van der Waals surface area contributed by atoms with Gasteiger partial charge in [-0.1, -0.05) is 19.1 Å². The fourth-order valence-corrected chi connectivity index (χ4v) is 2.75. The van der Waals surface area contributed by atoms with Crippen molar-refractivity contribution < 1.29 is 0 Å². The number of thioether (sulfide) groups is 1. The highest BCUT2D eigenvalue weighted by Gasteiger charge is 2.11. The summed E-state index contributed by atoms with van der Waals surface area (Å²) in [6.45, 7) is 2.15. The molecular weight excluding hydrogens is 268 g/mol. The first-order valence-electron chi connectivity index (χ1n) is 6.62. The number of hydrogen-bond acceptors (Lipinski definition) is 5. The van der Waals surface area contributed by atoms with Gasteiger partial charge < -0.3 is 5.73 Å². The highest BCUT2D eigenvalue weighted by Crippen LogP contribution is 2.23. The number of hydrazine groups is 1. The van der Waals surface area contributed by atoms with Crippen molar-refractivity contribution in [3.63, 3.8) is 0 Å². The number of anilines is 1. The molecule has 0 aliphatic rings. The first-order chi connectivity index (χ1) is 9.72. The van der Waals surface area contributed by atoms with Gasteiger partial charge in [0.25, 0.3) is 0 Å². The number of nitrogens with two attached hydrogens (primary N) is 2. The molecule has 20 heavy (non-hydrogen) atoms. The molecule has 0 saturated carbocycles. The third kappa shape index (κ3) is 3.96. The first kappa shape index (κ1) is 14.8. The van der Waals surface area contributed by atoms with Gasteiger partial charge in [0.1, 0.15) is 5.82 Å². The molecule has 5 N–H and O–H groups in total. The summed E-state index contributed by atoms with van der Waals surface area (Å²) in [5.41, 5.74) is 10.9. The highest BCUT2D eigenvalue weighted by molar-refractivity contribution is 7.99. The van der Waals surface area contributed by atoms with Crippen LogP contribution in [-0.2, 0) is 6.42 Å². The van der Waals surface area contributed by atoms with Crippen molar-refractivity contribution in [1.82, 2.24) is 10.4 Å². The molecule has 1 unspecified atom stereocenters. The second-order valence-corrected chi connectivity index (χ2v) is 5.85. The van der Waals surface area contributed by atoms with Crippen molar-refractivity contribution in [2.24, 2.45) is 5.84 Å². The number of benzene rings is 1. The molecule has 2 rings (SSSR count). The SMILES string of the molecule is CCSc1ccc(C(Cc2ccnc(N)c2)NN)cc1. The fourth-order valence-electron chi connectivity index (χ4n) is 2.09. The van der Waals surface area contributed by atoms with E-state index in [1.807, 2.05) is 23.9 Å². The summed E-state index contributed by atoms with van der Waals surface area (Å²) in [5.74, 6) is 7.30. The van der Waals surface area contributed by atoms with Crippen LogP contribution in [0.5, 0.6) is 0 Å². The maximum Gasteiger partial charge on any atom is 0.123 e. The van der Waals surface area contributed by atoms with Crippen LogP contribution >= 0.6 is 11.8 Å². The highest BCUT2D eigenvalue weighted by atomic mass is 32.2. The molecule has 0 fully saturated rings. The van der Waals surface area contributed by atoms with E-state index >= 15 is 0 Å². The van der Waals surface area contributed by atoms with Gasteiger partial charge in [0.15, 0.2) is 0 Å². The van der Waals surface area contributed by atoms with Crippen LogP contribution < -0.4 is 17.0 Å². The van der Waals surface area contributed by atoms with Gasteiger partial charge in [0.05, 0.1) is 0 Å². The standard InChI is InChI=1S/C15H20N4S/c1-2-20-13-5-3-12(4-6-13)14(19-17)9-11-7-8-18-15(16)10-11/h3-8,10,14,19H,2,9,17H2,1H3,(H2,16,18). The van der Waals surface area contributed by atoms with Crippen molar-refractivity contribution in [1.29, 1.82) is 0 Å². The first-order valence-corrected chi connectivity index (χ1v) is 7.60. The van der Waals surface area contributed by atoms with E-state index in [4.69, 9.17) is 11.6 Å². The molecule has 0 amide bonds. The van der Waals surface area contributed by atoms with E-state index in [0.29, 0.717) is 5.82 Å². The Bertz CT molecular complexity index is 542. The van der Waals surface area contributed by atoms with Crippen LogP contribution in [0.4, 0.5) is 5.82 Å². The Kier molecular flexibility index (Phi) is 5.40. The molecule has 0 spiro atoms. The number of hydrogen-bond donors (Lipinski definition) is 3. The predicted octanol–water partition coefficient (Wildman–Crippen LogP) is 2.52. The van der Waals surface area contributed by atoms with E-state index < -0.39 is 0 Å². The summed E-state index contributed by atoms with van der Waals surface area (Å²) < 4.78 is 0. The van der Waals surface area contributed by atoms with Crippen LogP contribution in [0.3, 0.4) is 0 Å². The molecule has 0 saturated heterocycles. The molecule has 0 radical (unpaired) electrons. The van der Waals surface area contributed by atoms with Crippen LogP contribution in [0.15, 0.2) is 47.5 Å². The number of nitrogens with zero attached hydrogens (tertiary/aromatic N) is 1. The average Bonchev–Trinajstić information content (AvgIpc) is 2.46. The Labute approximate surface area is 123 Å². The molecule has 5 heteroatoms. The van der Waals surface area contributed by atoms with Gasteiger partial charge in [-0.3, -0.25) is 11.3 Å². The van der Waals surface area contributed by atoms with Crippen LogP contribution in [0.1, 0.15) is 24.1 Å². The predicted molar refractivity (Wildman–Crippen MR) is 85.3 cm³/mol. The van der Waals surface area contributed by atoms with Gasteiger partial charge in [0.2, 0.25) is 0 Å². The largest absolute Gasteiger partial charge is 0.384 e. The normalized spacial score (nSPS) is 12.3. The van der Waals surface area contributed by atoms with E-state index in [1.165, 1.54) is 10.5 Å². The van der Waals surface area contributed by atoms with Gasteiger partial charge in [-0.25, -0.2) is 4.98 Å². The van der Waals surface area contributed by atoms with Crippen molar-refractivity contribution in [3.05, 3.63) is 53.7 Å². The van der Waals surface area contributed by atoms with E-state index in [-0.39, 0.29) is 6.04 Å². The monoisotopic (exact) mass is 288 g/mol. The van der Waals surface area contributed by atoms with E-state index in [2.05, 4.69) is 41.6 Å². The van der Waals surface area contributed by atoms with E-state index in [1.54, 1.807) is 6.20 Å². The maximum atomic E-state index is 5.70. The summed E-state index contributed by atoms with van der Waals surface area (Å²) in [7, 11) is 0. The van der Waals surface area contributed by atoms with E-state index in [9.17, 15) is 0 Å². The molecule has 1 aromatic heterocycles. The lowest BCUT2D eigenvalue weighted by Gasteiger charge is -2.17. The second kappa shape index (κ2) is 7.28. The number of rotatable bonds is 6. The van der Waals surface area contributed by atoms with Crippen molar-refractivity contribution in [3.8, 4) is 0 Å². The molecule has 1 atom stereocenters. The molecule has 4 nitrogen and oxygen atoms in total. The zero-order chi connectivity index (χ0) is 14.4. The maximum absolute atomic E-state index is 5.70. The lowest BCUT2D eigenvalue weighted by molar-refractivity contribution is 0.551.